The second-order valence-electron chi connectivity index (χ2n) is 10.7. The van der Waals surface area contributed by atoms with Gasteiger partial charge in [0.15, 0.2) is 11.4 Å². The second-order valence-corrected chi connectivity index (χ2v) is 10.7. The van der Waals surface area contributed by atoms with Crippen molar-refractivity contribution in [2.75, 3.05) is 14.1 Å². The van der Waals surface area contributed by atoms with Crippen molar-refractivity contribution >= 4 is 29.6 Å². The zero-order chi connectivity index (χ0) is 28.4. The van der Waals surface area contributed by atoms with Crippen LogP contribution >= 0.6 is 0 Å². The highest BCUT2D eigenvalue weighted by atomic mass is 16.3. The van der Waals surface area contributed by atoms with E-state index in [1.807, 2.05) is 43.3 Å². The molecule has 3 aliphatic rings. The summed E-state index contributed by atoms with van der Waals surface area (Å²) in [5.41, 5.74) is 5.06. The van der Waals surface area contributed by atoms with Gasteiger partial charge in [-0.1, -0.05) is 48.0 Å². The second kappa shape index (κ2) is 9.21. The molecule has 0 aliphatic heterocycles. The van der Waals surface area contributed by atoms with Crippen LogP contribution in [0.3, 0.4) is 0 Å². The van der Waals surface area contributed by atoms with E-state index in [4.69, 9.17) is 5.73 Å². The van der Waals surface area contributed by atoms with Gasteiger partial charge in [0, 0.05) is 11.5 Å². The summed E-state index contributed by atoms with van der Waals surface area (Å²) in [5.74, 6) is -6.64. The first-order valence-electron chi connectivity index (χ1n) is 12.6. The smallest absolute Gasteiger partial charge is 0.255 e. The van der Waals surface area contributed by atoms with Gasteiger partial charge in [-0.3, -0.25) is 19.3 Å². The fraction of sp³-hybridized carbons (Fsp3) is 0.300. The summed E-state index contributed by atoms with van der Waals surface area (Å²) >= 11 is 0. The maximum atomic E-state index is 13.8. The van der Waals surface area contributed by atoms with Crippen molar-refractivity contribution in [3.8, 4) is 5.75 Å². The molecule has 4 atom stereocenters. The van der Waals surface area contributed by atoms with Crippen molar-refractivity contribution < 1.29 is 34.8 Å². The van der Waals surface area contributed by atoms with Crippen LogP contribution in [-0.2, 0) is 16.0 Å². The van der Waals surface area contributed by atoms with Crippen molar-refractivity contribution in [3.05, 3.63) is 86.9 Å². The Balaban J connectivity index is 1.65. The number of Topliss-reactive ketones (excluding diaryl/α,β-unsaturated/α-hetero) is 2. The lowest BCUT2D eigenvalue weighted by Gasteiger charge is -2.50. The Bertz CT molecular complexity index is 1520. The Kier molecular flexibility index (Phi) is 6.24. The molecule has 0 heterocycles. The molecule has 0 radical (unpaired) electrons. The molecule has 2 aromatic rings. The first-order chi connectivity index (χ1) is 18.4. The molecule has 39 heavy (non-hydrogen) atoms. The van der Waals surface area contributed by atoms with E-state index in [9.17, 15) is 34.8 Å². The predicted octanol–water partition coefficient (Wildman–Crippen LogP) is 2.60. The fourth-order valence-corrected chi connectivity index (χ4v) is 6.29. The number of nitrogens with zero attached hydrogens (tertiary/aromatic N) is 1. The van der Waals surface area contributed by atoms with Crippen molar-refractivity contribution in [1.82, 2.24) is 4.90 Å². The van der Waals surface area contributed by atoms with Crippen LogP contribution < -0.4 is 5.73 Å². The van der Waals surface area contributed by atoms with Crippen LogP contribution in [0.15, 0.2) is 59.1 Å². The molecular weight excluding hydrogens is 500 g/mol. The monoisotopic (exact) mass is 530 g/mol. The number of hydrogen-bond donors (Lipinski definition) is 5. The van der Waals surface area contributed by atoms with Gasteiger partial charge < -0.3 is 26.2 Å². The average molecular weight is 531 g/mol. The number of aliphatic hydroxyl groups excluding tert-OH is 2. The molecule has 5 rings (SSSR count). The number of ketones is 2. The van der Waals surface area contributed by atoms with Gasteiger partial charge in [0.2, 0.25) is 5.78 Å². The number of phenolic OH excluding ortho intramolecular Hbond substituents is 1. The Morgan fingerprint density at radius 1 is 1.05 bits per heavy atom. The number of benzene rings is 2. The third kappa shape index (κ3) is 3.88. The number of hydrogen-bond acceptors (Lipinski definition) is 8. The Hall–Kier alpha value is -4.21. The van der Waals surface area contributed by atoms with E-state index >= 15 is 0 Å². The lowest BCUT2D eigenvalue weighted by molar-refractivity contribution is -0.148. The summed E-state index contributed by atoms with van der Waals surface area (Å²) in [6.07, 6.45) is 4.03. The summed E-state index contributed by atoms with van der Waals surface area (Å²) in [5, 5.41) is 44.6. The summed E-state index contributed by atoms with van der Waals surface area (Å²) < 4.78 is 0. The molecule has 6 N–H and O–H groups in total. The summed E-state index contributed by atoms with van der Waals surface area (Å²) in [4.78, 5) is 40.7. The normalized spacial score (nSPS) is 26.6. The first-order valence-corrected chi connectivity index (χ1v) is 12.6. The van der Waals surface area contributed by atoms with Crippen LogP contribution in [-0.4, -0.2) is 68.5 Å². The highest BCUT2D eigenvalue weighted by Crippen LogP contribution is 2.52. The predicted molar refractivity (Wildman–Crippen MR) is 144 cm³/mol. The zero-order valence-corrected chi connectivity index (χ0v) is 21.8. The third-order valence-electron chi connectivity index (χ3n) is 8.17. The van der Waals surface area contributed by atoms with Gasteiger partial charge in [-0.15, -0.1) is 0 Å². The van der Waals surface area contributed by atoms with Crippen LogP contribution in [0.4, 0.5) is 0 Å². The number of aliphatic hydroxyl groups is 3. The van der Waals surface area contributed by atoms with Crippen molar-refractivity contribution in [2.45, 2.75) is 31.4 Å². The topological polar surface area (TPSA) is 161 Å². The minimum absolute atomic E-state index is 0.0122. The number of rotatable bonds is 4. The largest absolute Gasteiger partial charge is 0.510 e. The Morgan fingerprint density at radius 2 is 1.72 bits per heavy atom. The number of fused-ring (bicyclic) bond motifs is 3. The molecule has 9 heteroatoms. The van der Waals surface area contributed by atoms with Crippen molar-refractivity contribution in [1.29, 1.82) is 0 Å². The Labute approximate surface area is 225 Å². The van der Waals surface area contributed by atoms with Crippen LogP contribution in [0.1, 0.15) is 39.0 Å². The zero-order valence-electron chi connectivity index (χ0n) is 21.8. The molecule has 9 nitrogen and oxygen atoms in total. The van der Waals surface area contributed by atoms with Gasteiger partial charge >= 0.3 is 0 Å². The molecule has 202 valence electrons. The third-order valence-corrected chi connectivity index (χ3v) is 8.17. The molecule has 0 aromatic heterocycles. The number of allylic oxidation sites excluding steroid dienone is 1. The number of nitrogens with two attached hydrogens (primary N) is 1. The van der Waals surface area contributed by atoms with E-state index in [0.717, 1.165) is 11.1 Å². The molecule has 0 spiro atoms. The number of aromatic hydroxyl groups is 1. The van der Waals surface area contributed by atoms with Crippen LogP contribution in [0.5, 0.6) is 5.75 Å². The lowest BCUT2D eigenvalue weighted by atomic mass is 9.58. The number of amides is 1. The molecule has 3 aliphatic carbocycles. The van der Waals surface area contributed by atoms with E-state index in [0.29, 0.717) is 11.1 Å². The SMILES string of the molecule is Cc1ccc(/C=C/c2ccc(O)c3c2CC2CC4C(N(C)C)C(O)=C(C(N)=O)C(=O)C4(O)C(O)=C2C3=O)cc1. The summed E-state index contributed by atoms with van der Waals surface area (Å²) in [6.45, 7) is 1.99. The standard InChI is InChI=1S/C30H30N2O7/c1-14-4-6-15(7-5-14)8-9-16-10-11-20(33)22-18(16)12-17-13-19-24(32(2)3)26(35)23(29(31)38)28(37)30(19,39)27(36)21(17)25(22)34/h4-11,17,19,24,33,35-36,39H,12-13H2,1-3H3,(H2,31,38)/b9-8+. The number of primary amides is 1. The molecule has 1 amide bonds. The number of likely N-dealkylation sites (N-methyl/N-ethyl adjacent to an activating group) is 1. The average Bonchev–Trinajstić information content (AvgIpc) is 2.86. The maximum absolute atomic E-state index is 13.8. The first kappa shape index (κ1) is 26.4. The van der Waals surface area contributed by atoms with Crippen LogP contribution in [0.2, 0.25) is 0 Å². The minimum atomic E-state index is -2.65. The van der Waals surface area contributed by atoms with Gasteiger partial charge in [0.05, 0.1) is 11.6 Å². The van der Waals surface area contributed by atoms with Gasteiger partial charge in [-0.2, -0.15) is 0 Å². The van der Waals surface area contributed by atoms with E-state index in [2.05, 4.69) is 0 Å². The number of aryl methyl sites for hydroxylation is 1. The quantitative estimate of drug-likeness (QED) is 0.298. The minimum Gasteiger partial charge on any atom is -0.510 e. The highest BCUT2D eigenvalue weighted by Gasteiger charge is 2.63. The summed E-state index contributed by atoms with van der Waals surface area (Å²) in [7, 11) is 3.19. The molecule has 2 aromatic carbocycles. The molecule has 0 saturated heterocycles. The molecule has 4 unspecified atom stereocenters. The Morgan fingerprint density at radius 3 is 2.33 bits per heavy atom. The number of carbonyl (C=O) groups excluding carboxylic acids is 3. The van der Waals surface area contributed by atoms with Gasteiger partial charge in [-0.25, -0.2) is 0 Å². The van der Waals surface area contributed by atoms with Crippen LogP contribution in [0, 0.1) is 18.8 Å². The maximum Gasteiger partial charge on any atom is 0.255 e. The van der Waals surface area contributed by atoms with Crippen molar-refractivity contribution in [2.24, 2.45) is 17.6 Å². The molecular formula is C30H30N2O7. The van der Waals surface area contributed by atoms with Crippen LogP contribution in [0.25, 0.3) is 12.2 Å². The number of carbonyl (C=O) groups is 3. The summed E-state index contributed by atoms with van der Waals surface area (Å²) in [6, 6.07) is 9.97. The lowest BCUT2D eigenvalue weighted by Crippen LogP contribution is -2.63. The number of phenols is 1. The van der Waals surface area contributed by atoms with Gasteiger partial charge in [-0.05, 0) is 62.5 Å². The van der Waals surface area contributed by atoms with Gasteiger partial charge in [0.1, 0.15) is 22.8 Å². The molecule has 0 bridgehead atoms. The van der Waals surface area contributed by atoms with Gasteiger partial charge in [0.25, 0.3) is 5.91 Å². The molecule has 0 saturated carbocycles. The van der Waals surface area contributed by atoms with Crippen molar-refractivity contribution in [3.63, 3.8) is 0 Å². The van der Waals surface area contributed by atoms with E-state index in [1.165, 1.54) is 11.0 Å². The fourth-order valence-electron chi connectivity index (χ4n) is 6.29. The molecule has 0 fully saturated rings. The van der Waals surface area contributed by atoms with E-state index in [-0.39, 0.29) is 29.7 Å². The van der Waals surface area contributed by atoms with E-state index in [1.54, 1.807) is 20.2 Å². The highest BCUT2D eigenvalue weighted by molar-refractivity contribution is 6.24. The van der Waals surface area contributed by atoms with E-state index < -0.39 is 58.0 Å².